The van der Waals surface area contributed by atoms with Crippen LogP contribution < -0.4 is 10.6 Å². The van der Waals surface area contributed by atoms with Crippen molar-refractivity contribution < 1.29 is 19.1 Å². The molecule has 0 bridgehead atoms. The van der Waals surface area contributed by atoms with E-state index in [0.29, 0.717) is 0 Å². The van der Waals surface area contributed by atoms with Crippen LogP contribution in [0.1, 0.15) is 29.6 Å². The van der Waals surface area contributed by atoms with E-state index in [1.54, 1.807) is 0 Å². The number of piperidine rings is 1. The number of nitrogens with one attached hydrogen (secondary N) is 2. The average Bonchev–Trinajstić information content (AvgIpc) is 3.15. The molecule has 0 radical (unpaired) electrons. The first-order valence-electron chi connectivity index (χ1n) is 7.06. The van der Waals surface area contributed by atoms with Crippen LogP contribution in [0, 0.1) is 17.2 Å². The second-order valence-electron chi connectivity index (χ2n) is 5.86. The molecule has 1 atom stereocenters. The summed E-state index contributed by atoms with van der Waals surface area (Å²) in [6.07, 6.45) is 2.81. The first-order chi connectivity index (χ1) is 10.0. The van der Waals surface area contributed by atoms with Gasteiger partial charge in [-0.05, 0) is 56.0 Å². The topological polar surface area (TPSA) is 78.4 Å². The predicted octanol–water partition coefficient (Wildman–Crippen LogP) is 1.85. The van der Waals surface area contributed by atoms with Crippen LogP contribution in [0.5, 0.6) is 0 Å². The molecule has 1 saturated heterocycles. The largest absolute Gasteiger partial charge is 0.478 e. The van der Waals surface area contributed by atoms with Gasteiger partial charge in [-0.2, -0.15) is 0 Å². The molecule has 1 aliphatic heterocycles. The van der Waals surface area contributed by atoms with Crippen LogP contribution in [0.4, 0.5) is 10.1 Å². The molecule has 1 saturated carbocycles. The maximum atomic E-state index is 13.8. The van der Waals surface area contributed by atoms with E-state index in [1.807, 2.05) is 0 Å². The molecule has 1 spiro atoms. The molecule has 2 aliphatic rings. The summed E-state index contributed by atoms with van der Waals surface area (Å²) in [5.41, 5.74) is 0.0000296. The minimum atomic E-state index is -1.19. The highest BCUT2D eigenvalue weighted by molar-refractivity contribution is 5.96. The van der Waals surface area contributed by atoms with Crippen molar-refractivity contribution in [3.63, 3.8) is 0 Å². The van der Waals surface area contributed by atoms with Crippen LogP contribution in [0.25, 0.3) is 0 Å². The summed E-state index contributed by atoms with van der Waals surface area (Å²) >= 11 is 0. The minimum absolute atomic E-state index is 0.0426. The number of rotatable bonds is 3. The first-order valence-corrected chi connectivity index (χ1v) is 7.06. The summed E-state index contributed by atoms with van der Waals surface area (Å²) in [6, 6.07) is 3.51. The molecule has 1 aromatic carbocycles. The Hall–Kier alpha value is -1.95. The van der Waals surface area contributed by atoms with E-state index in [1.165, 1.54) is 12.1 Å². The summed E-state index contributed by atoms with van der Waals surface area (Å²) in [7, 11) is 0. The molecule has 6 heteroatoms. The standard InChI is InChI=1S/C15H17FN2O3/c16-11-7-9(14(20)21)1-2-12(11)18-13(19)10-8-15(10)3-5-17-6-4-15/h1-2,7,10,17H,3-6,8H2,(H,18,19)(H,20,21). The average molecular weight is 292 g/mol. The van der Waals surface area contributed by atoms with Crippen molar-refractivity contribution in [1.29, 1.82) is 0 Å². The summed E-state index contributed by atoms with van der Waals surface area (Å²) < 4.78 is 13.8. The Bertz CT molecular complexity index is 597. The van der Waals surface area contributed by atoms with Gasteiger partial charge in [0.1, 0.15) is 5.82 Å². The molecule has 2 fully saturated rings. The second kappa shape index (κ2) is 5.11. The monoisotopic (exact) mass is 292 g/mol. The van der Waals surface area contributed by atoms with E-state index in [4.69, 9.17) is 5.11 Å². The number of benzene rings is 1. The molecule has 3 N–H and O–H groups in total. The molecule has 21 heavy (non-hydrogen) atoms. The van der Waals surface area contributed by atoms with Crippen molar-refractivity contribution in [2.75, 3.05) is 18.4 Å². The van der Waals surface area contributed by atoms with Gasteiger partial charge < -0.3 is 15.7 Å². The fraction of sp³-hybridized carbons (Fsp3) is 0.467. The molecule has 1 amide bonds. The number of amides is 1. The number of carboxylic acids is 1. The van der Waals surface area contributed by atoms with Crippen LogP contribution in [0.15, 0.2) is 18.2 Å². The third kappa shape index (κ3) is 2.63. The Morgan fingerprint density at radius 3 is 2.67 bits per heavy atom. The molecule has 3 rings (SSSR count). The van der Waals surface area contributed by atoms with E-state index in [9.17, 15) is 14.0 Å². The van der Waals surface area contributed by atoms with Crippen molar-refractivity contribution in [3.05, 3.63) is 29.6 Å². The Morgan fingerprint density at radius 1 is 1.33 bits per heavy atom. The highest BCUT2D eigenvalue weighted by Gasteiger charge is 2.57. The Morgan fingerprint density at radius 2 is 2.05 bits per heavy atom. The van der Waals surface area contributed by atoms with E-state index < -0.39 is 11.8 Å². The van der Waals surface area contributed by atoms with Crippen molar-refractivity contribution >= 4 is 17.6 Å². The van der Waals surface area contributed by atoms with Gasteiger partial charge in [-0.25, -0.2) is 9.18 Å². The number of halogens is 1. The van der Waals surface area contributed by atoms with Crippen molar-refractivity contribution in [2.45, 2.75) is 19.3 Å². The Labute approximate surface area is 121 Å². The van der Waals surface area contributed by atoms with Crippen molar-refractivity contribution in [2.24, 2.45) is 11.3 Å². The smallest absolute Gasteiger partial charge is 0.335 e. The van der Waals surface area contributed by atoms with Crippen molar-refractivity contribution in [1.82, 2.24) is 5.32 Å². The van der Waals surface area contributed by atoms with Gasteiger partial charge in [0.25, 0.3) is 0 Å². The molecule has 1 aromatic rings. The zero-order valence-corrected chi connectivity index (χ0v) is 11.5. The van der Waals surface area contributed by atoms with Crippen LogP contribution >= 0.6 is 0 Å². The van der Waals surface area contributed by atoms with Gasteiger partial charge in [-0.1, -0.05) is 0 Å². The van der Waals surface area contributed by atoms with Gasteiger partial charge in [0.05, 0.1) is 11.3 Å². The van der Waals surface area contributed by atoms with Gasteiger partial charge in [-0.15, -0.1) is 0 Å². The third-order valence-electron chi connectivity index (χ3n) is 4.58. The molecule has 0 aromatic heterocycles. The number of hydrogen-bond acceptors (Lipinski definition) is 3. The SMILES string of the molecule is O=C(O)c1ccc(NC(=O)C2CC23CCNCC3)c(F)c1. The quantitative estimate of drug-likeness (QED) is 0.794. The Balaban J connectivity index is 1.67. The summed E-state index contributed by atoms with van der Waals surface area (Å²) in [4.78, 5) is 23.0. The number of carboxylic acid groups (broad SMARTS) is 1. The van der Waals surface area contributed by atoms with Gasteiger partial charge in [0.15, 0.2) is 0 Å². The number of anilines is 1. The highest BCUT2D eigenvalue weighted by atomic mass is 19.1. The maximum Gasteiger partial charge on any atom is 0.335 e. The molecular formula is C15H17FN2O3. The van der Waals surface area contributed by atoms with Gasteiger partial charge in [0, 0.05) is 5.92 Å². The number of aromatic carboxylic acids is 1. The summed E-state index contributed by atoms with van der Waals surface area (Å²) in [5, 5.41) is 14.6. The molecule has 1 heterocycles. The fourth-order valence-corrected chi connectivity index (χ4v) is 3.17. The summed E-state index contributed by atoms with van der Waals surface area (Å²) in [6.45, 7) is 1.84. The van der Waals surface area contributed by atoms with Crippen LogP contribution in [-0.4, -0.2) is 30.1 Å². The van der Waals surface area contributed by atoms with E-state index in [-0.39, 0.29) is 28.5 Å². The minimum Gasteiger partial charge on any atom is -0.478 e. The zero-order chi connectivity index (χ0) is 15.0. The maximum absolute atomic E-state index is 13.8. The number of carbonyl (C=O) groups excluding carboxylic acids is 1. The predicted molar refractivity (Wildman–Crippen MR) is 74.6 cm³/mol. The van der Waals surface area contributed by atoms with Crippen molar-refractivity contribution in [3.8, 4) is 0 Å². The molecular weight excluding hydrogens is 275 g/mol. The molecule has 112 valence electrons. The third-order valence-corrected chi connectivity index (χ3v) is 4.58. The Kier molecular flexibility index (Phi) is 3.41. The summed E-state index contributed by atoms with van der Waals surface area (Å²) in [5.74, 6) is -2.14. The highest BCUT2D eigenvalue weighted by Crippen LogP contribution is 2.58. The van der Waals surface area contributed by atoms with E-state index in [0.717, 1.165) is 38.4 Å². The van der Waals surface area contributed by atoms with Crippen LogP contribution in [-0.2, 0) is 4.79 Å². The van der Waals surface area contributed by atoms with Gasteiger partial charge in [0.2, 0.25) is 5.91 Å². The molecule has 5 nitrogen and oxygen atoms in total. The number of hydrogen-bond donors (Lipinski definition) is 3. The lowest BCUT2D eigenvalue weighted by molar-refractivity contribution is -0.118. The molecule has 1 aliphatic carbocycles. The van der Waals surface area contributed by atoms with Crippen LogP contribution in [0.2, 0.25) is 0 Å². The van der Waals surface area contributed by atoms with E-state index >= 15 is 0 Å². The first kappa shape index (κ1) is 14.0. The lowest BCUT2D eigenvalue weighted by Gasteiger charge is -2.23. The lowest BCUT2D eigenvalue weighted by atomic mass is 9.92. The van der Waals surface area contributed by atoms with Gasteiger partial charge in [-0.3, -0.25) is 4.79 Å². The second-order valence-corrected chi connectivity index (χ2v) is 5.86. The van der Waals surface area contributed by atoms with Crippen LogP contribution in [0.3, 0.4) is 0 Å². The zero-order valence-electron chi connectivity index (χ0n) is 11.5. The van der Waals surface area contributed by atoms with E-state index in [2.05, 4.69) is 10.6 Å². The van der Waals surface area contributed by atoms with Gasteiger partial charge >= 0.3 is 5.97 Å². The molecule has 1 unspecified atom stereocenters. The fourth-order valence-electron chi connectivity index (χ4n) is 3.17. The number of carbonyl (C=O) groups is 2. The normalized spacial score (nSPS) is 22.8. The lowest BCUT2D eigenvalue weighted by Crippen LogP contribution is -2.31.